The van der Waals surface area contributed by atoms with Gasteiger partial charge in [0, 0.05) is 6.04 Å². The number of hydrogen-bond acceptors (Lipinski definition) is 3. The molecule has 0 aromatic heterocycles. The van der Waals surface area contributed by atoms with E-state index in [-0.39, 0.29) is 16.5 Å². The topological polar surface area (TPSA) is 74.7 Å². The van der Waals surface area contributed by atoms with Crippen molar-refractivity contribution >= 4 is 21.7 Å². The third-order valence-corrected chi connectivity index (χ3v) is 6.19. The van der Waals surface area contributed by atoms with Crippen molar-refractivity contribution in [3.8, 4) is 0 Å². The summed E-state index contributed by atoms with van der Waals surface area (Å²) in [5, 5.41) is 9.13. The highest BCUT2D eigenvalue weighted by molar-refractivity contribution is 7.93. The molecule has 0 radical (unpaired) electrons. The summed E-state index contributed by atoms with van der Waals surface area (Å²) in [6, 6.07) is 11.4. The number of rotatable bonds is 3. The molecular weight excluding hydrogens is 314 g/mol. The number of hydrogen-bond donors (Lipinski definition) is 1. The first kappa shape index (κ1) is 15.6. The fourth-order valence-corrected chi connectivity index (χ4v) is 4.97. The monoisotopic (exact) mass is 331 g/mol. The van der Waals surface area contributed by atoms with Gasteiger partial charge in [-0.1, -0.05) is 24.3 Å². The number of fused-ring (bicyclic) bond motifs is 1. The SMILES string of the molecule is Cc1ccc(C(=O)O)cc1S(=O)(=O)N1c2ccccc2CC1C. The first-order valence-electron chi connectivity index (χ1n) is 7.28. The Morgan fingerprint density at radius 1 is 1.22 bits per heavy atom. The Labute approximate surface area is 135 Å². The van der Waals surface area contributed by atoms with Crippen LogP contribution >= 0.6 is 0 Å². The molecular formula is C17H17NO4S. The number of aromatic carboxylic acids is 1. The summed E-state index contributed by atoms with van der Waals surface area (Å²) in [5.74, 6) is -1.14. The maximum atomic E-state index is 13.1. The molecule has 0 bridgehead atoms. The van der Waals surface area contributed by atoms with Gasteiger partial charge in [0.1, 0.15) is 0 Å². The van der Waals surface area contributed by atoms with Gasteiger partial charge in [0.2, 0.25) is 0 Å². The van der Waals surface area contributed by atoms with Crippen molar-refractivity contribution in [1.82, 2.24) is 0 Å². The van der Waals surface area contributed by atoms with Gasteiger partial charge in [0.15, 0.2) is 0 Å². The fraction of sp³-hybridized carbons (Fsp3) is 0.235. The van der Waals surface area contributed by atoms with E-state index in [1.54, 1.807) is 19.1 Å². The van der Waals surface area contributed by atoms with Gasteiger partial charge in [-0.25, -0.2) is 13.2 Å². The molecule has 1 N–H and O–H groups in total. The number of aryl methyl sites for hydroxylation is 1. The zero-order valence-electron chi connectivity index (χ0n) is 12.9. The second kappa shape index (κ2) is 5.38. The third-order valence-electron chi connectivity index (χ3n) is 4.12. The Bertz CT molecular complexity index is 889. The largest absolute Gasteiger partial charge is 0.478 e. The molecule has 0 saturated heterocycles. The number of nitrogens with zero attached hydrogens (tertiary/aromatic N) is 1. The summed E-state index contributed by atoms with van der Waals surface area (Å²) in [7, 11) is -3.82. The van der Waals surface area contributed by atoms with Gasteiger partial charge in [-0.3, -0.25) is 4.31 Å². The van der Waals surface area contributed by atoms with Gasteiger partial charge in [-0.2, -0.15) is 0 Å². The minimum atomic E-state index is -3.82. The van der Waals surface area contributed by atoms with Gasteiger partial charge >= 0.3 is 5.97 Å². The van der Waals surface area contributed by atoms with E-state index in [0.29, 0.717) is 17.7 Å². The van der Waals surface area contributed by atoms with Gasteiger partial charge in [-0.05, 0) is 49.6 Å². The first-order valence-corrected chi connectivity index (χ1v) is 8.72. The molecule has 3 rings (SSSR count). The number of carboxylic acids is 1. The zero-order chi connectivity index (χ0) is 16.8. The lowest BCUT2D eigenvalue weighted by molar-refractivity contribution is 0.0696. The quantitative estimate of drug-likeness (QED) is 0.938. The lowest BCUT2D eigenvalue weighted by Crippen LogP contribution is -2.36. The summed E-state index contributed by atoms with van der Waals surface area (Å²) < 4.78 is 27.7. The van der Waals surface area contributed by atoms with Crippen molar-refractivity contribution in [2.75, 3.05) is 4.31 Å². The second-order valence-corrected chi connectivity index (χ2v) is 7.55. The summed E-state index contributed by atoms with van der Waals surface area (Å²) >= 11 is 0. The standard InChI is InChI=1S/C17H17NO4S/c1-11-7-8-14(17(19)20)10-16(11)23(21,22)18-12(2)9-13-5-3-4-6-15(13)18/h3-8,10,12H,9H2,1-2H3,(H,19,20). The van der Waals surface area contributed by atoms with Crippen LogP contribution in [0.3, 0.4) is 0 Å². The molecule has 23 heavy (non-hydrogen) atoms. The minimum absolute atomic E-state index is 0.0330. The number of para-hydroxylation sites is 1. The molecule has 0 spiro atoms. The molecule has 1 aliphatic heterocycles. The number of benzene rings is 2. The minimum Gasteiger partial charge on any atom is -0.478 e. The molecule has 0 saturated carbocycles. The lowest BCUT2D eigenvalue weighted by atomic mass is 10.1. The molecule has 0 amide bonds. The average molecular weight is 331 g/mol. The molecule has 1 aliphatic rings. The Balaban J connectivity index is 2.17. The third kappa shape index (κ3) is 2.49. The average Bonchev–Trinajstić information content (AvgIpc) is 2.83. The summed E-state index contributed by atoms with van der Waals surface area (Å²) in [5.41, 5.74) is 2.15. The summed E-state index contributed by atoms with van der Waals surface area (Å²) in [6.07, 6.45) is 0.646. The van der Waals surface area contributed by atoms with Crippen LogP contribution in [-0.2, 0) is 16.4 Å². The number of anilines is 1. The first-order chi connectivity index (χ1) is 10.8. The highest BCUT2D eigenvalue weighted by atomic mass is 32.2. The van der Waals surface area contributed by atoms with E-state index >= 15 is 0 Å². The van der Waals surface area contributed by atoms with Crippen molar-refractivity contribution in [2.45, 2.75) is 31.2 Å². The highest BCUT2D eigenvalue weighted by Gasteiger charge is 2.36. The van der Waals surface area contributed by atoms with Crippen LogP contribution in [-0.4, -0.2) is 25.5 Å². The smallest absolute Gasteiger partial charge is 0.335 e. The van der Waals surface area contributed by atoms with Crippen LogP contribution in [0.5, 0.6) is 0 Å². The van der Waals surface area contributed by atoms with Crippen LogP contribution < -0.4 is 4.31 Å². The molecule has 1 unspecified atom stereocenters. The Hall–Kier alpha value is -2.34. The van der Waals surface area contributed by atoms with E-state index in [1.807, 2.05) is 19.1 Å². The molecule has 1 atom stereocenters. The van der Waals surface area contributed by atoms with Crippen LogP contribution in [0.4, 0.5) is 5.69 Å². The van der Waals surface area contributed by atoms with E-state index < -0.39 is 16.0 Å². The van der Waals surface area contributed by atoms with Crippen LogP contribution in [0.1, 0.15) is 28.4 Å². The fourth-order valence-electron chi connectivity index (χ4n) is 3.02. The molecule has 2 aromatic carbocycles. The lowest BCUT2D eigenvalue weighted by Gasteiger charge is -2.25. The molecule has 0 fully saturated rings. The molecule has 120 valence electrons. The van der Waals surface area contributed by atoms with Crippen LogP contribution in [0, 0.1) is 6.92 Å². The van der Waals surface area contributed by atoms with E-state index in [2.05, 4.69) is 0 Å². The Kier molecular flexibility index (Phi) is 3.64. The molecule has 1 heterocycles. The Morgan fingerprint density at radius 2 is 1.91 bits per heavy atom. The highest BCUT2D eigenvalue weighted by Crippen LogP contribution is 2.37. The van der Waals surface area contributed by atoms with Crippen molar-refractivity contribution < 1.29 is 18.3 Å². The van der Waals surface area contributed by atoms with Crippen molar-refractivity contribution in [2.24, 2.45) is 0 Å². The van der Waals surface area contributed by atoms with Crippen LogP contribution in [0.25, 0.3) is 0 Å². The van der Waals surface area contributed by atoms with Crippen molar-refractivity contribution in [3.63, 3.8) is 0 Å². The number of sulfonamides is 1. The van der Waals surface area contributed by atoms with Gasteiger partial charge in [-0.15, -0.1) is 0 Å². The van der Waals surface area contributed by atoms with Crippen LogP contribution in [0.2, 0.25) is 0 Å². The molecule has 5 nitrogen and oxygen atoms in total. The maximum Gasteiger partial charge on any atom is 0.335 e. The van der Waals surface area contributed by atoms with E-state index in [9.17, 15) is 13.2 Å². The Morgan fingerprint density at radius 3 is 2.61 bits per heavy atom. The predicted molar refractivity (Wildman–Crippen MR) is 87.4 cm³/mol. The van der Waals surface area contributed by atoms with Gasteiger partial charge in [0.05, 0.1) is 16.1 Å². The van der Waals surface area contributed by atoms with Gasteiger partial charge < -0.3 is 5.11 Å². The number of carbonyl (C=O) groups is 1. The van der Waals surface area contributed by atoms with Crippen molar-refractivity contribution in [3.05, 3.63) is 59.2 Å². The summed E-state index contributed by atoms with van der Waals surface area (Å²) in [6.45, 7) is 3.53. The van der Waals surface area contributed by atoms with Crippen molar-refractivity contribution in [1.29, 1.82) is 0 Å². The number of carboxylic acid groups (broad SMARTS) is 1. The maximum absolute atomic E-state index is 13.1. The summed E-state index contributed by atoms with van der Waals surface area (Å²) in [4.78, 5) is 11.2. The van der Waals surface area contributed by atoms with Crippen LogP contribution in [0.15, 0.2) is 47.4 Å². The predicted octanol–water partition coefficient (Wildman–Crippen LogP) is 2.83. The second-order valence-electron chi connectivity index (χ2n) is 5.77. The van der Waals surface area contributed by atoms with E-state index in [4.69, 9.17) is 5.11 Å². The van der Waals surface area contributed by atoms with E-state index in [0.717, 1.165) is 5.56 Å². The van der Waals surface area contributed by atoms with E-state index in [1.165, 1.54) is 22.5 Å². The zero-order valence-corrected chi connectivity index (χ0v) is 13.7. The molecule has 0 aliphatic carbocycles. The van der Waals surface area contributed by atoms with Gasteiger partial charge in [0.25, 0.3) is 10.0 Å². The molecule has 6 heteroatoms. The normalized spacial score (nSPS) is 17.1. The molecule has 2 aromatic rings.